The highest BCUT2D eigenvalue weighted by Gasteiger charge is 2.29. The van der Waals surface area contributed by atoms with Crippen molar-refractivity contribution in [2.75, 3.05) is 13.2 Å². The summed E-state index contributed by atoms with van der Waals surface area (Å²) in [6, 6.07) is 4.49. The smallest absolute Gasteiger partial charge is 0.140 e. The molecule has 2 atom stereocenters. The van der Waals surface area contributed by atoms with Crippen molar-refractivity contribution >= 4 is 17.4 Å². The second kappa shape index (κ2) is 5.81. The largest absolute Gasteiger partial charge is 0.381 e. The summed E-state index contributed by atoms with van der Waals surface area (Å²) in [6.07, 6.45) is 0.784. The van der Waals surface area contributed by atoms with E-state index in [0.717, 1.165) is 0 Å². The normalized spacial score (nSPS) is 23.9. The number of benzene rings is 1. The predicted octanol–water partition coefficient (Wildman–Crippen LogP) is 3.26. The third-order valence-corrected chi connectivity index (χ3v) is 3.82. The number of carbonyl (C=O) groups is 1. The SMILES string of the molecule is CC1COCCC1C(=O)Cc1c(F)cccc1Cl. The average Bonchev–Trinajstić information content (AvgIpc) is 2.34. The second-order valence-corrected chi connectivity index (χ2v) is 5.20. The fraction of sp³-hybridized carbons (Fsp3) is 0.500. The Morgan fingerprint density at radius 3 is 3.00 bits per heavy atom. The van der Waals surface area contributed by atoms with Gasteiger partial charge in [0.1, 0.15) is 11.6 Å². The molecule has 0 aromatic heterocycles. The van der Waals surface area contributed by atoms with Crippen molar-refractivity contribution in [1.29, 1.82) is 0 Å². The minimum Gasteiger partial charge on any atom is -0.381 e. The van der Waals surface area contributed by atoms with Gasteiger partial charge in [-0.1, -0.05) is 24.6 Å². The molecule has 1 aromatic carbocycles. The van der Waals surface area contributed by atoms with Crippen LogP contribution in [0.15, 0.2) is 18.2 Å². The number of carbonyl (C=O) groups excluding carboxylic acids is 1. The van der Waals surface area contributed by atoms with Crippen LogP contribution in [0.5, 0.6) is 0 Å². The minimum absolute atomic E-state index is 0.0468. The van der Waals surface area contributed by atoms with Gasteiger partial charge in [0, 0.05) is 36.1 Å². The van der Waals surface area contributed by atoms with Crippen LogP contribution in [-0.4, -0.2) is 19.0 Å². The summed E-state index contributed by atoms with van der Waals surface area (Å²) < 4.78 is 18.9. The molecule has 0 amide bonds. The fourth-order valence-corrected chi connectivity index (χ4v) is 2.59. The first kappa shape index (κ1) is 13.5. The highest BCUT2D eigenvalue weighted by molar-refractivity contribution is 6.31. The first-order chi connectivity index (χ1) is 8.59. The molecule has 0 radical (unpaired) electrons. The maximum Gasteiger partial charge on any atom is 0.140 e. The Balaban J connectivity index is 2.11. The lowest BCUT2D eigenvalue weighted by atomic mass is 9.84. The van der Waals surface area contributed by atoms with E-state index in [1.807, 2.05) is 6.92 Å². The molecule has 0 aliphatic carbocycles. The Bertz CT molecular complexity index is 427. The van der Waals surface area contributed by atoms with Gasteiger partial charge in [0.2, 0.25) is 0 Å². The van der Waals surface area contributed by atoms with Gasteiger partial charge in [-0.25, -0.2) is 4.39 Å². The molecular formula is C14H16ClFO2. The van der Waals surface area contributed by atoms with E-state index >= 15 is 0 Å². The molecule has 4 heteroatoms. The molecule has 2 rings (SSSR count). The summed E-state index contributed by atoms with van der Waals surface area (Å²) in [6.45, 7) is 3.19. The molecule has 1 aromatic rings. The Labute approximate surface area is 111 Å². The van der Waals surface area contributed by atoms with E-state index in [2.05, 4.69) is 0 Å². The molecule has 1 heterocycles. The van der Waals surface area contributed by atoms with Gasteiger partial charge in [0.15, 0.2) is 0 Å². The minimum atomic E-state index is -0.407. The van der Waals surface area contributed by atoms with Gasteiger partial charge in [0.25, 0.3) is 0 Å². The standard InChI is InChI=1S/C14H16ClFO2/c1-9-8-18-6-5-10(9)14(17)7-11-12(15)3-2-4-13(11)16/h2-4,9-10H,5-8H2,1H3. The molecular weight excluding hydrogens is 255 g/mol. The van der Waals surface area contributed by atoms with Crippen molar-refractivity contribution in [2.24, 2.45) is 11.8 Å². The van der Waals surface area contributed by atoms with Crippen molar-refractivity contribution in [2.45, 2.75) is 19.8 Å². The van der Waals surface area contributed by atoms with Crippen LogP contribution in [0, 0.1) is 17.7 Å². The fourth-order valence-electron chi connectivity index (χ4n) is 2.37. The third-order valence-electron chi connectivity index (χ3n) is 3.47. The van der Waals surface area contributed by atoms with Gasteiger partial charge in [0.05, 0.1) is 0 Å². The maximum absolute atomic E-state index is 13.6. The van der Waals surface area contributed by atoms with Crippen molar-refractivity contribution in [1.82, 2.24) is 0 Å². The van der Waals surface area contributed by atoms with Gasteiger partial charge >= 0.3 is 0 Å². The Morgan fingerprint density at radius 2 is 2.33 bits per heavy atom. The number of halogens is 2. The number of hydrogen-bond acceptors (Lipinski definition) is 2. The predicted molar refractivity (Wildman–Crippen MR) is 68.2 cm³/mol. The van der Waals surface area contributed by atoms with Crippen molar-refractivity contribution in [3.8, 4) is 0 Å². The lowest BCUT2D eigenvalue weighted by Crippen LogP contribution is -2.32. The molecule has 1 fully saturated rings. The number of Topliss-reactive ketones (excluding diaryl/α,β-unsaturated/α-hetero) is 1. The third kappa shape index (κ3) is 2.90. The van der Waals surface area contributed by atoms with Gasteiger partial charge in [-0.05, 0) is 24.5 Å². The zero-order valence-electron chi connectivity index (χ0n) is 10.3. The van der Waals surface area contributed by atoms with E-state index in [-0.39, 0.29) is 24.0 Å². The van der Waals surface area contributed by atoms with Gasteiger partial charge in [-0.15, -0.1) is 0 Å². The molecule has 0 saturated carbocycles. The zero-order valence-corrected chi connectivity index (χ0v) is 11.0. The molecule has 18 heavy (non-hydrogen) atoms. The van der Waals surface area contributed by atoms with Crippen LogP contribution < -0.4 is 0 Å². The van der Waals surface area contributed by atoms with Crippen molar-refractivity contribution in [3.63, 3.8) is 0 Å². The van der Waals surface area contributed by atoms with Gasteiger partial charge < -0.3 is 4.74 Å². The van der Waals surface area contributed by atoms with Crippen LogP contribution in [-0.2, 0) is 16.0 Å². The van der Waals surface area contributed by atoms with E-state index in [1.54, 1.807) is 12.1 Å². The number of ether oxygens (including phenoxy) is 1. The average molecular weight is 271 g/mol. The molecule has 2 unspecified atom stereocenters. The first-order valence-electron chi connectivity index (χ1n) is 6.13. The van der Waals surface area contributed by atoms with E-state index < -0.39 is 5.82 Å². The van der Waals surface area contributed by atoms with E-state index in [0.29, 0.717) is 30.2 Å². The highest BCUT2D eigenvalue weighted by Crippen LogP contribution is 2.26. The molecule has 1 aliphatic heterocycles. The topological polar surface area (TPSA) is 26.3 Å². The van der Waals surface area contributed by atoms with Crippen LogP contribution in [0.3, 0.4) is 0 Å². The van der Waals surface area contributed by atoms with Gasteiger partial charge in [-0.2, -0.15) is 0 Å². The lowest BCUT2D eigenvalue weighted by Gasteiger charge is -2.27. The number of hydrogen-bond donors (Lipinski definition) is 0. The van der Waals surface area contributed by atoms with Gasteiger partial charge in [-0.3, -0.25) is 4.79 Å². The lowest BCUT2D eigenvalue weighted by molar-refractivity contribution is -0.127. The molecule has 2 nitrogen and oxygen atoms in total. The van der Waals surface area contributed by atoms with E-state index in [4.69, 9.17) is 16.3 Å². The Morgan fingerprint density at radius 1 is 1.56 bits per heavy atom. The Kier molecular flexibility index (Phi) is 4.36. The second-order valence-electron chi connectivity index (χ2n) is 4.79. The molecule has 1 saturated heterocycles. The maximum atomic E-state index is 13.6. The molecule has 0 spiro atoms. The number of ketones is 1. The molecule has 0 N–H and O–H groups in total. The molecule has 1 aliphatic rings. The number of rotatable bonds is 3. The van der Waals surface area contributed by atoms with Crippen LogP contribution >= 0.6 is 11.6 Å². The summed E-state index contributed by atoms with van der Waals surface area (Å²) in [5.74, 6) is -0.209. The van der Waals surface area contributed by atoms with Crippen molar-refractivity contribution < 1.29 is 13.9 Å². The summed E-state index contributed by atoms with van der Waals surface area (Å²) >= 11 is 5.93. The first-order valence-corrected chi connectivity index (χ1v) is 6.50. The quantitative estimate of drug-likeness (QED) is 0.843. The summed E-state index contributed by atoms with van der Waals surface area (Å²) in [5, 5.41) is 0.322. The molecule has 98 valence electrons. The van der Waals surface area contributed by atoms with E-state index in [9.17, 15) is 9.18 Å². The van der Waals surface area contributed by atoms with Crippen LogP contribution in [0.2, 0.25) is 5.02 Å². The van der Waals surface area contributed by atoms with Crippen LogP contribution in [0.4, 0.5) is 4.39 Å². The van der Waals surface area contributed by atoms with Crippen LogP contribution in [0.1, 0.15) is 18.9 Å². The summed E-state index contributed by atoms with van der Waals surface area (Å²) in [4.78, 5) is 12.2. The Hall–Kier alpha value is -0.930. The highest BCUT2D eigenvalue weighted by atomic mass is 35.5. The summed E-state index contributed by atoms with van der Waals surface area (Å²) in [5.41, 5.74) is 0.308. The van der Waals surface area contributed by atoms with E-state index in [1.165, 1.54) is 6.07 Å². The molecule has 0 bridgehead atoms. The van der Waals surface area contributed by atoms with Crippen molar-refractivity contribution in [3.05, 3.63) is 34.6 Å². The zero-order chi connectivity index (χ0) is 13.1. The summed E-state index contributed by atoms with van der Waals surface area (Å²) in [7, 11) is 0. The monoisotopic (exact) mass is 270 g/mol. The van der Waals surface area contributed by atoms with Crippen LogP contribution in [0.25, 0.3) is 0 Å².